The van der Waals surface area contributed by atoms with Crippen molar-refractivity contribution in [2.75, 3.05) is 13.2 Å². The number of ether oxygens (including phenoxy) is 1. The molecule has 0 fully saturated rings. The maximum Gasteiger partial charge on any atom is 0.316 e. The lowest BCUT2D eigenvalue weighted by molar-refractivity contribution is 0.305. The van der Waals surface area contributed by atoms with E-state index in [2.05, 4.69) is 21.8 Å². The molecule has 0 aliphatic carbocycles. The minimum atomic E-state index is 0.0743. The minimum Gasteiger partial charge on any atom is -0.464 e. The maximum absolute atomic E-state index is 8.50. The second kappa shape index (κ2) is 5.95. The molecule has 0 aromatic carbocycles. The Bertz CT molecular complexity index is 324. The number of hydrogen-bond acceptors (Lipinski definition) is 4. The van der Waals surface area contributed by atoms with Gasteiger partial charge in [0.05, 0.1) is 18.8 Å². The molecule has 1 rings (SSSR count). The van der Waals surface area contributed by atoms with Gasteiger partial charge >= 0.3 is 6.01 Å². The summed E-state index contributed by atoms with van der Waals surface area (Å²) in [7, 11) is 0. The first-order valence-corrected chi connectivity index (χ1v) is 4.41. The fourth-order valence-corrected chi connectivity index (χ4v) is 0.805. The normalized spacial score (nSPS) is 9.00. The van der Waals surface area contributed by atoms with Crippen LogP contribution in [0.1, 0.15) is 18.9 Å². The second-order valence-corrected chi connectivity index (χ2v) is 2.46. The summed E-state index contributed by atoms with van der Waals surface area (Å²) in [6, 6.07) is 0.361. The molecule has 4 heteroatoms. The van der Waals surface area contributed by atoms with Crippen molar-refractivity contribution in [1.29, 1.82) is 0 Å². The van der Waals surface area contributed by atoms with Crippen LogP contribution < -0.4 is 4.74 Å². The first-order chi connectivity index (χ1) is 6.86. The van der Waals surface area contributed by atoms with E-state index in [1.54, 1.807) is 12.4 Å². The first kappa shape index (κ1) is 10.5. The third-order valence-electron chi connectivity index (χ3n) is 1.37. The molecule has 0 saturated heterocycles. The van der Waals surface area contributed by atoms with Crippen LogP contribution in [0.4, 0.5) is 0 Å². The van der Waals surface area contributed by atoms with Gasteiger partial charge in [0.25, 0.3) is 0 Å². The van der Waals surface area contributed by atoms with Crippen LogP contribution in [0.5, 0.6) is 6.01 Å². The lowest BCUT2D eigenvalue weighted by Crippen LogP contribution is -1.96. The molecule has 1 heterocycles. The second-order valence-electron chi connectivity index (χ2n) is 2.46. The van der Waals surface area contributed by atoms with Gasteiger partial charge in [-0.25, -0.2) is 9.97 Å². The van der Waals surface area contributed by atoms with E-state index in [1.165, 1.54) is 0 Å². The fourth-order valence-electron chi connectivity index (χ4n) is 0.805. The molecule has 0 aliphatic heterocycles. The van der Waals surface area contributed by atoms with E-state index in [9.17, 15) is 0 Å². The quantitative estimate of drug-likeness (QED) is 0.713. The summed E-state index contributed by atoms with van der Waals surface area (Å²) in [5.74, 6) is 5.61. The van der Waals surface area contributed by atoms with Crippen molar-refractivity contribution in [3.05, 3.63) is 18.0 Å². The Morgan fingerprint density at radius 2 is 2.14 bits per heavy atom. The summed E-state index contributed by atoms with van der Waals surface area (Å²) in [5.41, 5.74) is 0.724. The van der Waals surface area contributed by atoms with E-state index >= 15 is 0 Å². The molecule has 14 heavy (non-hydrogen) atoms. The Hall–Kier alpha value is -1.60. The average Bonchev–Trinajstić information content (AvgIpc) is 2.21. The number of rotatable bonds is 3. The predicted molar refractivity (Wildman–Crippen MR) is 51.8 cm³/mol. The summed E-state index contributed by atoms with van der Waals surface area (Å²) >= 11 is 0. The minimum absolute atomic E-state index is 0.0743. The van der Waals surface area contributed by atoms with Gasteiger partial charge in [-0.1, -0.05) is 11.8 Å². The zero-order valence-corrected chi connectivity index (χ0v) is 8.03. The highest BCUT2D eigenvalue weighted by Gasteiger charge is 1.93. The molecule has 0 radical (unpaired) electrons. The monoisotopic (exact) mass is 192 g/mol. The highest BCUT2D eigenvalue weighted by molar-refractivity contribution is 5.29. The van der Waals surface area contributed by atoms with E-state index in [1.807, 2.05) is 6.92 Å². The van der Waals surface area contributed by atoms with Crippen LogP contribution in [-0.2, 0) is 0 Å². The van der Waals surface area contributed by atoms with E-state index in [0.717, 1.165) is 5.56 Å². The van der Waals surface area contributed by atoms with Gasteiger partial charge in [0.15, 0.2) is 0 Å². The van der Waals surface area contributed by atoms with Crippen molar-refractivity contribution in [2.24, 2.45) is 0 Å². The highest BCUT2D eigenvalue weighted by Crippen LogP contribution is 2.00. The number of aliphatic hydroxyl groups excluding tert-OH is 1. The van der Waals surface area contributed by atoms with Crippen LogP contribution >= 0.6 is 0 Å². The van der Waals surface area contributed by atoms with Crippen LogP contribution in [0.15, 0.2) is 12.4 Å². The molecule has 1 aromatic heterocycles. The van der Waals surface area contributed by atoms with Crippen LogP contribution in [0, 0.1) is 11.8 Å². The third-order valence-corrected chi connectivity index (χ3v) is 1.37. The number of aliphatic hydroxyl groups is 1. The van der Waals surface area contributed by atoms with Crippen LogP contribution in [0.2, 0.25) is 0 Å². The molecule has 0 spiro atoms. The summed E-state index contributed by atoms with van der Waals surface area (Å²) in [6.45, 7) is 2.50. The Kier molecular flexibility index (Phi) is 4.45. The summed E-state index contributed by atoms with van der Waals surface area (Å²) in [5, 5.41) is 8.50. The zero-order valence-electron chi connectivity index (χ0n) is 8.03. The van der Waals surface area contributed by atoms with Crippen molar-refractivity contribution < 1.29 is 9.84 Å². The molecule has 0 unspecified atom stereocenters. The first-order valence-electron chi connectivity index (χ1n) is 4.41. The van der Waals surface area contributed by atoms with Crippen LogP contribution in [-0.4, -0.2) is 28.3 Å². The van der Waals surface area contributed by atoms with Gasteiger partial charge in [-0.3, -0.25) is 0 Å². The van der Waals surface area contributed by atoms with Gasteiger partial charge in [0.2, 0.25) is 0 Å². The predicted octanol–water partition coefficient (Wildman–Crippen LogP) is 0.609. The van der Waals surface area contributed by atoms with Crippen molar-refractivity contribution >= 4 is 0 Å². The smallest absolute Gasteiger partial charge is 0.316 e. The SMILES string of the molecule is CCOc1ncc(C#CCCO)cn1. The van der Waals surface area contributed by atoms with Gasteiger partial charge in [-0.2, -0.15) is 0 Å². The van der Waals surface area contributed by atoms with E-state index < -0.39 is 0 Å². The summed E-state index contributed by atoms with van der Waals surface area (Å²) in [4.78, 5) is 7.90. The maximum atomic E-state index is 8.50. The van der Waals surface area contributed by atoms with Gasteiger partial charge in [0.1, 0.15) is 0 Å². The van der Waals surface area contributed by atoms with Crippen molar-refractivity contribution in [1.82, 2.24) is 9.97 Å². The molecular weight excluding hydrogens is 180 g/mol. The van der Waals surface area contributed by atoms with Gasteiger partial charge in [-0.05, 0) is 6.92 Å². The average molecular weight is 192 g/mol. The number of nitrogens with zero attached hydrogens (tertiary/aromatic N) is 2. The van der Waals surface area contributed by atoms with Crippen molar-refractivity contribution in [3.63, 3.8) is 0 Å². The van der Waals surface area contributed by atoms with Crippen LogP contribution in [0.3, 0.4) is 0 Å². The molecule has 0 bridgehead atoms. The van der Waals surface area contributed by atoms with Crippen molar-refractivity contribution in [3.8, 4) is 17.9 Å². The standard InChI is InChI=1S/C10H12N2O2/c1-2-14-10-11-7-9(8-12-10)5-3-4-6-13/h7-8,13H,2,4,6H2,1H3. The third kappa shape index (κ3) is 3.42. The van der Waals surface area contributed by atoms with E-state index in [-0.39, 0.29) is 6.61 Å². The largest absolute Gasteiger partial charge is 0.464 e. The Morgan fingerprint density at radius 3 is 2.71 bits per heavy atom. The zero-order chi connectivity index (χ0) is 10.2. The Balaban J connectivity index is 2.60. The van der Waals surface area contributed by atoms with Crippen LogP contribution in [0.25, 0.3) is 0 Å². The molecule has 1 N–H and O–H groups in total. The fraction of sp³-hybridized carbons (Fsp3) is 0.400. The molecule has 0 amide bonds. The molecule has 0 saturated carbocycles. The highest BCUT2D eigenvalue weighted by atomic mass is 16.5. The van der Waals surface area contributed by atoms with Gasteiger partial charge in [0, 0.05) is 18.8 Å². The summed E-state index contributed by atoms with van der Waals surface area (Å²) < 4.78 is 5.08. The molecule has 74 valence electrons. The molecule has 4 nitrogen and oxygen atoms in total. The number of aromatic nitrogens is 2. The Labute approximate surface area is 83.0 Å². The lowest BCUT2D eigenvalue weighted by Gasteiger charge is -1.98. The van der Waals surface area contributed by atoms with Gasteiger partial charge in [-0.15, -0.1) is 0 Å². The van der Waals surface area contributed by atoms with E-state index in [4.69, 9.17) is 9.84 Å². The molecule has 0 atom stereocenters. The molecule has 0 aliphatic rings. The lowest BCUT2D eigenvalue weighted by atomic mass is 10.3. The number of hydrogen-bond donors (Lipinski definition) is 1. The van der Waals surface area contributed by atoms with Gasteiger partial charge < -0.3 is 9.84 Å². The van der Waals surface area contributed by atoms with Crippen molar-refractivity contribution in [2.45, 2.75) is 13.3 Å². The summed E-state index contributed by atoms with van der Waals surface area (Å²) in [6.07, 6.45) is 3.66. The Morgan fingerprint density at radius 1 is 1.43 bits per heavy atom. The molecule has 1 aromatic rings. The topological polar surface area (TPSA) is 55.2 Å². The van der Waals surface area contributed by atoms with E-state index in [0.29, 0.717) is 19.0 Å². The molecular formula is C10H12N2O2.